The van der Waals surface area contributed by atoms with Crippen molar-refractivity contribution in [1.82, 2.24) is 14.6 Å². The van der Waals surface area contributed by atoms with Gasteiger partial charge < -0.3 is 21.1 Å². The number of carboxylic acid groups (broad SMARTS) is 1. The number of piperidine rings is 1. The SMILES string of the molecule is CCS(=O)(=O)N1CCC(c2c[nH]c3c(C(N)=O)cc(-c4ccc(F)c(CNC5CCC5)c4)cc23)CC1.O=C(O)C(F)(F)F. The average molecular weight is 627 g/mol. The third kappa shape index (κ3) is 7.54. The van der Waals surface area contributed by atoms with Gasteiger partial charge in [-0.05, 0) is 79.5 Å². The summed E-state index contributed by atoms with van der Waals surface area (Å²) >= 11 is 0. The highest BCUT2D eigenvalue weighted by molar-refractivity contribution is 7.89. The van der Waals surface area contributed by atoms with Gasteiger partial charge in [0, 0.05) is 42.8 Å². The monoisotopic (exact) mass is 626 g/mol. The minimum atomic E-state index is -5.08. The molecule has 1 saturated heterocycles. The van der Waals surface area contributed by atoms with E-state index in [-0.39, 0.29) is 17.5 Å². The number of nitrogens with two attached hydrogens (primary N) is 1. The molecule has 0 bridgehead atoms. The second kappa shape index (κ2) is 13.0. The number of aromatic nitrogens is 1. The number of rotatable bonds is 8. The molecule has 43 heavy (non-hydrogen) atoms. The van der Waals surface area contributed by atoms with Crippen molar-refractivity contribution in [3.8, 4) is 11.1 Å². The van der Waals surface area contributed by atoms with Gasteiger partial charge in [-0.25, -0.2) is 21.9 Å². The Morgan fingerprint density at radius 1 is 1.09 bits per heavy atom. The predicted octanol–water partition coefficient (Wildman–Crippen LogP) is 4.88. The van der Waals surface area contributed by atoms with Crippen molar-refractivity contribution < 1.29 is 40.7 Å². The van der Waals surface area contributed by atoms with Crippen LogP contribution in [0.4, 0.5) is 17.6 Å². The van der Waals surface area contributed by atoms with Crippen LogP contribution in [0.2, 0.25) is 0 Å². The van der Waals surface area contributed by atoms with Gasteiger partial charge in [-0.1, -0.05) is 12.5 Å². The number of aromatic amines is 1. The normalized spacial score (nSPS) is 16.9. The van der Waals surface area contributed by atoms with Crippen LogP contribution in [0.15, 0.2) is 36.5 Å². The molecule has 0 atom stereocenters. The third-order valence-electron chi connectivity index (χ3n) is 8.05. The van der Waals surface area contributed by atoms with Gasteiger partial charge in [0.25, 0.3) is 5.91 Å². The summed E-state index contributed by atoms with van der Waals surface area (Å²) in [7, 11) is -3.20. The number of halogens is 4. The lowest BCUT2D eigenvalue weighted by Gasteiger charge is -2.31. The number of amides is 1. The zero-order valence-electron chi connectivity index (χ0n) is 23.5. The first-order chi connectivity index (χ1) is 20.2. The molecule has 1 amide bonds. The van der Waals surface area contributed by atoms with E-state index in [9.17, 15) is 30.8 Å². The molecular formula is C29H34F4N4O5S. The number of nitrogens with one attached hydrogen (secondary N) is 2. The summed E-state index contributed by atoms with van der Waals surface area (Å²) in [6, 6.07) is 9.29. The van der Waals surface area contributed by atoms with Crippen LogP contribution in [0.3, 0.4) is 0 Å². The fourth-order valence-electron chi connectivity index (χ4n) is 5.34. The maximum absolute atomic E-state index is 14.6. The molecule has 1 saturated carbocycles. The molecule has 14 heteroatoms. The van der Waals surface area contributed by atoms with Crippen molar-refractivity contribution >= 4 is 32.8 Å². The Bertz CT molecular complexity index is 1590. The molecule has 2 fully saturated rings. The number of fused-ring (bicyclic) bond motifs is 1. The fourth-order valence-corrected chi connectivity index (χ4v) is 6.47. The second-order valence-electron chi connectivity index (χ2n) is 10.7. The van der Waals surface area contributed by atoms with Crippen molar-refractivity contribution in [3.05, 3.63) is 59.0 Å². The first-order valence-corrected chi connectivity index (χ1v) is 15.6. The van der Waals surface area contributed by atoms with Gasteiger partial charge in [-0.3, -0.25) is 4.79 Å². The highest BCUT2D eigenvalue weighted by Gasteiger charge is 2.38. The number of hydrogen-bond acceptors (Lipinski definition) is 5. The van der Waals surface area contributed by atoms with E-state index in [1.807, 2.05) is 18.3 Å². The summed E-state index contributed by atoms with van der Waals surface area (Å²) in [6.45, 7) is 3.08. The summed E-state index contributed by atoms with van der Waals surface area (Å²) in [4.78, 5) is 24.5. The number of alkyl halides is 3. The number of benzene rings is 2. The quantitative estimate of drug-likeness (QED) is 0.263. The molecule has 1 aliphatic heterocycles. The second-order valence-corrected chi connectivity index (χ2v) is 13.0. The average Bonchev–Trinajstić information content (AvgIpc) is 3.36. The number of nitrogens with zero attached hydrogens (tertiary/aromatic N) is 1. The Balaban J connectivity index is 0.000000541. The predicted molar refractivity (Wildman–Crippen MR) is 153 cm³/mol. The Labute approximate surface area is 246 Å². The molecule has 0 radical (unpaired) electrons. The first-order valence-electron chi connectivity index (χ1n) is 14.0. The fraction of sp³-hybridized carbons (Fsp3) is 0.448. The lowest BCUT2D eigenvalue weighted by molar-refractivity contribution is -0.192. The molecule has 9 nitrogen and oxygen atoms in total. The highest BCUT2D eigenvalue weighted by atomic mass is 32.2. The number of carboxylic acids is 1. The van der Waals surface area contributed by atoms with Crippen molar-refractivity contribution in [3.63, 3.8) is 0 Å². The molecule has 2 aromatic carbocycles. The van der Waals surface area contributed by atoms with Crippen LogP contribution in [0.25, 0.3) is 22.0 Å². The van der Waals surface area contributed by atoms with Crippen LogP contribution in [0.5, 0.6) is 0 Å². The molecule has 0 unspecified atom stereocenters. The lowest BCUT2D eigenvalue weighted by atomic mass is 9.88. The van der Waals surface area contributed by atoms with Gasteiger partial charge in [0.15, 0.2) is 0 Å². The number of sulfonamides is 1. The number of aliphatic carboxylic acids is 1. The van der Waals surface area contributed by atoms with Gasteiger partial charge in [-0.2, -0.15) is 13.2 Å². The molecule has 3 aromatic rings. The van der Waals surface area contributed by atoms with Gasteiger partial charge in [0.2, 0.25) is 10.0 Å². The molecule has 5 N–H and O–H groups in total. The number of hydrogen-bond donors (Lipinski definition) is 4. The lowest BCUT2D eigenvalue weighted by Crippen LogP contribution is -2.38. The minimum Gasteiger partial charge on any atom is -0.475 e. The van der Waals surface area contributed by atoms with E-state index in [2.05, 4.69) is 10.3 Å². The molecule has 2 heterocycles. The Morgan fingerprint density at radius 2 is 1.74 bits per heavy atom. The standard InChI is InChI=1S/C27H33FN4O3S.C2HF3O2/c1-2-36(34,35)32-10-8-17(9-11-32)24-16-31-26-22(24)13-19(14-23(26)27(29)33)18-6-7-25(28)20(12-18)15-30-21-4-3-5-21;3-2(4,5)1(6)7/h6-7,12-14,16-17,21,30-31H,2-5,8-11,15H2,1H3,(H2,29,33);(H,6,7). The molecule has 1 aromatic heterocycles. The summed E-state index contributed by atoms with van der Waals surface area (Å²) < 4.78 is 72.4. The van der Waals surface area contributed by atoms with Crippen LogP contribution < -0.4 is 11.1 Å². The summed E-state index contributed by atoms with van der Waals surface area (Å²) in [6.07, 6.45) is 1.70. The van der Waals surface area contributed by atoms with E-state index >= 15 is 0 Å². The number of primary amides is 1. The van der Waals surface area contributed by atoms with E-state index in [0.29, 0.717) is 55.2 Å². The van der Waals surface area contributed by atoms with Crippen LogP contribution in [-0.4, -0.2) is 65.8 Å². The van der Waals surface area contributed by atoms with E-state index in [0.717, 1.165) is 34.9 Å². The molecule has 5 rings (SSSR count). The molecule has 0 spiro atoms. The third-order valence-corrected chi connectivity index (χ3v) is 9.93. The van der Waals surface area contributed by atoms with Crippen molar-refractivity contribution in [2.24, 2.45) is 5.73 Å². The molecular weight excluding hydrogens is 592 g/mol. The van der Waals surface area contributed by atoms with Gasteiger partial charge in [0.05, 0.1) is 16.8 Å². The van der Waals surface area contributed by atoms with Crippen LogP contribution in [0.1, 0.15) is 66.4 Å². The van der Waals surface area contributed by atoms with E-state index in [4.69, 9.17) is 15.6 Å². The van der Waals surface area contributed by atoms with Gasteiger partial charge in [-0.15, -0.1) is 0 Å². The number of carbonyl (C=O) groups is 2. The number of H-pyrrole nitrogens is 1. The first kappa shape index (κ1) is 32.4. The Kier molecular flexibility index (Phi) is 9.82. The molecule has 1 aliphatic carbocycles. The largest absolute Gasteiger partial charge is 0.490 e. The van der Waals surface area contributed by atoms with Crippen LogP contribution in [0, 0.1) is 5.82 Å². The van der Waals surface area contributed by atoms with Gasteiger partial charge >= 0.3 is 12.1 Å². The van der Waals surface area contributed by atoms with Crippen molar-refractivity contribution in [1.29, 1.82) is 0 Å². The topological polar surface area (TPSA) is 146 Å². The zero-order valence-corrected chi connectivity index (χ0v) is 24.3. The summed E-state index contributed by atoms with van der Waals surface area (Å²) in [5.41, 5.74) is 10.1. The highest BCUT2D eigenvalue weighted by Crippen LogP contribution is 2.37. The smallest absolute Gasteiger partial charge is 0.475 e. The Hall–Kier alpha value is -3.49. The molecule has 234 valence electrons. The van der Waals surface area contributed by atoms with Gasteiger partial charge in [0.1, 0.15) is 5.82 Å². The van der Waals surface area contributed by atoms with Crippen LogP contribution >= 0.6 is 0 Å². The maximum atomic E-state index is 14.6. The zero-order chi connectivity index (χ0) is 31.5. The maximum Gasteiger partial charge on any atom is 0.490 e. The van der Waals surface area contributed by atoms with Crippen molar-refractivity contribution in [2.45, 2.75) is 63.7 Å². The Morgan fingerprint density at radius 3 is 2.28 bits per heavy atom. The summed E-state index contributed by atoms with van der Waals surface area (Å²) in [5, 5.41) is 11.4. The van der Waals surface area contributed by atoms with Crippen molar-refractivity contribution in [2.75, 3.05) is 18.8 Å². The summed E-state index contributed by atoms with van der Waals surface area (Å²) in [5.74, 6) is -3.28. The van der Waals surface area contributed by atoms with Crippen LogP contribution in [-0.2, 0) is 21.4 Å². The minimum absolute atomic E-state index is 0.103. The van der Waals surface area contributed by atoms with E-state index in [1.54, 1.807) is 23.4 Å². The molecule has 2 aliphatic rings. The van der Waals surface area contributed by atoms with E-state index in [1.165, 1.54) is 12.5 Å². The van der Waals surface area contributed by atoms with E-state index < -0.39 is 28.1 Å². The number of carbonyl (C=O) groups excluding carboxylic acids is 1.